The molecule has 0 radical (unpaired) electrons. The molecule has 9 heteroatoms. The number of carbonyl (C=O) groups is 2. The summed E-state index contributed by atoms with van der Waals surface area (Å²) in [6.45, 7) is 6.26. The number of ether oxygens (including phenoxy) is 1. The van der Waals surface area contributed by atoms with E-state index >= 15 is 0 Å². The van der Waals surface area contributed by atoms with E-state index in [1.54, 1.807) is 24.4 Å². The number of rotatable bonds is 8. The second-order valence-electron chi connectivity index (χ2n) is 12.1. The van der Waals surface area contributed by atoms with Crippen molar-refractivity contribution in [3.63, 3.8) is 0 Å². The fourth-order valence-electron chi connectivity index (χ4n) is 7.28. The molecule has 8 nitrogen and oxygen atoms in total. The van der Waals surface area contributed by atoms with E-state index in [1.165, 1.54) is 16.5 Å². The molecule has 44 heavy (non-hydrogen) atoms. The molecule has 2 aliphatic heterocycles. The molecule has 0 unspecified atom stereocenters. The van der Waals surface area contributed by atoms with Gasteiger partial charge in [-0.2, -0.15) is 0 Å². The molecule has 0 spiro atoms. The Bertz CT molecular complexity index is 1640. The van der Waals surface area contributed by atoms with E-state index in [0.717, 1.165) is 40.0 Å². The third kappa shape index (κ3) is 5.40. The number of amides is 2. The van der Waals surface area contributed by atoms with Crippen LogP contribution in [-0.4, -0.2) is 51.8 Å². The minimum absolute atomic E-state index is 0.170. The van der Waals surface area contributed by atoms with Gasteiger partial charge in [0.2, 0.25) is 11.8 Å². The Kier molecular flexibility index (Phi) is 8.29. The summed E-state index contributed by atoms with van der Waals surface area (Å²) in [5.41, 5.74) is 7.49. The van der Waals surface area contributed by atoms with Crippen LogP contribution in [0.1, 0.15) is 55.0 Å². The van der Waals surface area contributed by atoms with Crippen LogP contribution < -0.4 is 10.4 Å². The largest absolute Gasteiger partial charge is 0.507 e. The SMILES string of the molecule is CCC1=C2[C@@H](CC/C(=C/c3cc(C)c(O)c(C)c3)c3ccccn3)OC[C@@H]2[C@@H]2C(=O)N(c3cccc(B(O)O)c3)C(=O)[C@@H]2C1. The Labute approximate surface area is 257 Å². The van der Waals surface area contributed by atoms with Gasteiger partial charge >= 0.3 is 7.12 Å². The van der Waals surface area contributed by atoms with Crippen LogP contribution in [0.3, 0.4) is 0 Å². The topological polar surface area (TPSA) is 120 Å². The number of benzene rings is 2. The summed E-state index contributed by atoms with van der Waals surface area (Å²) in [7, 11) is -1.69. The summed E-state index contributed by atoms with van der Waals surface area (Å²) < 4.78 is 6.42. The lowest BCUT2D eigenvalue weighted by Crippen LogP contribution is -2.35. The number of anilines is 1. The third-order valence-electron chi connectivity index (χ3n) is 9.39. The Morgan fingerprint density at radius 3 is 2.50 bits per heavy atom. The summed E-state index contributed by atoms with van der Waals surface area (Å²) in [4.78, 5) is 33.4. The highest BCUT2D eigenvalue weighted by molar-refractivity contribution is 6.58. The predicted octanol–water partition coefficient (Wildman–Crippen LogP) is 4.34. The average molecular weight is 593 g/mol. The van der Waals surface area contributed by atoms with Crippen molar-refractivity contribution in [1.82, 2.24) is 4.98 Å². The van der Waals surface area contributed by atoms with E-state index in [-0.39, 0.29) is 29.3 Å². The van der Waals surface area contributed by atoms with Gasteiger partial charge in [0.05, 0.1) is 35.9 Å². The summed E-state index contributed by atoms with van der Waals surface area (Å²) >= 11 is 0. The highest BCUT2D eigenvalue weighted by atomic mass is 16.5. The van der Waals surface area contributed by atoms with Crippen LogP contribution >= 0.6 is 0 Å². The molecule has 0 saturated carbocycles. The number of allylic oxidation sites excluding steroid dienone is 2. The summed E-state index contributed by atoms with van der Waals surface area (Å²) in [5, 5.41) is 29.6. The molecule has 2 amide bonds. The summed E-state index contributed by atoms with van der Waals surface area (Å²) in [6.07, 6.45) is 6.42. The van der Waals surface area contributed by atoms with Crippen LogP contribution in [0.5, 0.6) is 5.75 Å². The lowest BCUT2D eigenvalue weighted by atomic mass is 9.69. The maximum Gasteiger partial charge on any atom is 0.488 e. The first-order valence-corrected chi connectivity index (χ1v) is 15.3. The highest BCUT2D eigenvalue weighted by Gasteiger charge is 2.57. The first kappa shape index (κ1) is 30.0. The van der Waals surface area contributed by atoms with Crippen molar-refractivity contribution < 1.29 is 29.5 Å². The zero-order valence-corrected chi connectivity index (χ0v) is 25.2. The molecule has 2 aromatic carbocycles. The van der Waals surface area contributed by atoms with Crippen LogP contribution in [0, 0.1) is 31.6 Å². The lowest BCUT2D eigenvalue weighted by Gasteiger charge is -2.31. The number of aryl methyl sites for hydroxylation is 2. The Morgan fingerprint density at radius 2 is 1.82 bits per heavy atom. The number of pyridine rings is 1. The zero-order chi connectivity index (χ0) is 31.1. The van der Waals surface area contributed by atoms with Crippen molar-refractivity contribution in [3.8, 4) is 5.75 Å². The molecule has 3 aliphatic rings. The molecule has 2 saturated heterocycles. The van der Waals surface area contributed by atoms with Gasteiger partial charge in [0.25, 0.3) is 0 Å². The number of carbonyl (C=O) groups excluding carboxylic acids is 2. The second kappa shape index (κ2) is 12.2. The van der Waals surface area contributed by atoms with Gasteiger partial charge in [-0.1, -0.05) is 30.7 Å². The predicted molar refractivity (Wildman–Crippen MR) is 170 cm³/mol. The molecular formula is C35H37BN2O6. The van der Waals surface area contributed by atoms with Crippen LogP contribution in [0.25, 0.3) is 11.6 Å². The molecule has 1 aromatic heterocycles. The monoisotopic (exact) mass is 592 g/mol. The molecule has 3 aromatic rings. The number of phenols is 1. The second-order valence-corrected chi connectivity index (χ2v) is 12.1. The number of hydrogen-bond acceptors (Lipinski definition) is 7. The van der Waals surface area contributed by atoms with E-state index in [1.807, 2.05) is 44.2 Å². The lowest BCUT2D eigenvalue weighted by molar-refractivity contribution is -0.122. The molecule has 226 valence electrons. The van der Waals surface area contributed by atoms with E-state index < -0.39 is 19.0 Å². The number of aromatic hydroxyl groups is 1. The molecule has 6 rings (SSSR count). The first-order chi connectivity index (χ1) is 21.2. The van der Waals surface area contributed by atoms with Gasteiger partial charge in [0.15, 0.2) is 0 Å². The molecule has 2 fully saturated rings. The Balaban J connectivity index is 1.27. The number of phenolic OH excluding ortho intramolecular Hbond substituents is 1. The Morgan fingerprint density at radius 1 is 1.05 bits per heavy atom. The van der Waals surface area contributed by atoms with Gasteiger partial charge in [0.1, 0.15) is 5.75 Å². The standard InChI is InChI=1S/C35H37BN2O6/c1-4-23-17-27-32(35(41)38(34(27)40)26-9-7-8-25(18-26)36(42)43)28-19-44-30(31(23)28)12-11-24(29-10-5-6-13-37-29)16-22-14-20(2)33(39)21(3)15-22/h5-10,13-16,18,27-28,30,32,39,42-43H,4,11-12,17,19H2,1-3H3/b24-16-/t27-,28+,30-,32-/m1/s1. The number of hydrogen-bond donors (Lipinski definition) is 3. The van der Waals surface area contributed by atoms with Crippen LogP contribution in [0.15, 0.2) is 71.9 Å². The van der Waals surface area contributed by atoms with E-state index in [0.29, 0.717) is 37.3 Å². The maximum absolute atomic E-state index is 13.9. The summed E-state index contributed by atoms with van der Waals surface area (Å²) in [6, 6.07) is 16.1. The van der Waals surface area contributed by atoms with Crippen molar-refractivity contribution in [2.24, 2.45) is 17.8 Å². The quantitative estimate of drug-likeness (QED) is 0.202. The zero-order valence-electron chi connectivity index (χ0n) is 25.2. The van der Waals surface area contributed by atoms with Crippen LogP contribution in [-0.2, 0) is 14.3 Å². The molecule has 4 atom stereocenters. The molecule has 0 bridgehead atoms. The van der Waals surface area contributed by atoms with E-state index in [9.17, 15) is 24.7 Å². The first-order valence-electron chi connectivity index (χ1n) is 15.3. The smallest absolute Gasteiger partial charge is 0.488 e. The number of nitrogens with zero attached hydrogens (tertiary/aromatic N) is 2. The fraction of sp³-hybridized carbons (Fsp3) is 0.343. The Hall–Kier alpha value is -4.05. The molecule has 1 aliphatic carbocycles. The van der Waals surface area contributed by atoms with Gasteiger partial charge in [0, 0.05) is 12.1 Å². The van der Waals surface area contributed by atoms with Gasteiger partial charge in [-0.3, -0.25) is 19.5 Å². The third-order valence-corrected chi connectivity index (χ3v) is 9.39. The maximum atomic E-state index is 13.9. The highest BCUT2D eigenvalue weighted by Crippen LogP contribution is 2.51. The van der Waals surface area contributed by atoms with Crippen molar-refractivity contribution >= 4 is 41.7 Å². The average Bonchev–Trinajstić information content (AvgIpc) is 3.55. The van der Waals surface area contributed by atoms with E-state index in [2.05, 4.69) is 18.0 Å². The number of aromatic nitrogens is 1. The normalized spacial score (nSPS) is 23.3. The summed E-state index contributed by atoms with van der Waals surface area (Å²) in [5.74, 6) is -1.32. The molecular weight excluding hydrogens is 555 g/mol. The molecule has 3 N–H and O–H groups in total. The number of imide groups is 1. The van der Waals surface area contributed by atoms with E-state index in [4.69, 9.17) is 4.74 Å². The van der Waals surface area contributed by atoms with Gasteiger partial charge in [-0.05, 0) is 115 Å². The fourth-order valence-corrected chi connectivity index (χ4v) is 7.28. The van der Waals surface area contributed by atoms with Gasteiger partial charge in [-0.25, -0.2) is 0 Å². The molecule has 3 heterocycles. The van der Waals surface area contributed by atoms with Crippen molar-refractivity contribution in [2.45, 2.75) is 52.6 Å². The minimum atomic E-state index is -1.69. The van der Waals surface area contributed by atoms with Crippen LogP contribution in [0.2, 0.25) is 0 Å². The minimum Gasteiger partial charge on any atom is -0.507 e. The number of fused-ring (bicyclic) bond motifs is 3. The van der Waals surface area contributed by atoms with Crippen molar-refractivity contribution in [1.29, 1.82) is 0 Å². The van der Waals surface area contributed by atoms with Crippen molar-refractivity contribution in [2.75, 3.05) is 11.5 Å². The van der Waals surface area contributed by atoms with Crippen LogP contribution in [0.4, 0.5) is 5.69 Å². The van der Waals surface area contributed by atoms with Crippen molar-refractivity contribution in [3.05, 3.63) is 94.3 Å². The van der Waals surface area contributed by atoms with Gasteiger partial charge < -0.3 is 19.9 Å². The van der Waals surface area contributed by atoms with Gasteiger partial charge in [-0.15, -0.1) is 0 Å².